The Balaban J connectivity index is 2.04. The summed E-state index contributed by atoms with van der Waals surface area (Å²) < 4.78 is 0. The number of nitrogens with zero attached hydrogens (tertiary/aromatic N) is 2. The van der Waals surface area contributed by atoms with E-state index in [4.69, 9.17) is 5.26 Å². The molecule has 20 heavy (non-hydrogen) atoms. The molecule has 0 aromatic heterocycles. The lowest BCUT2D eigenvalue weighted by atomic mass is 9.85. The molecule has 0 spiro atoms. The van der Waals surface area contributed by atoms with Gasteiger partial charge in [-0.15, -0.1) is 0 Å². The van der Waals surface area contributed by atoms with Gasteiger partial charge in [-0.3, -0.25) is 14.9 Å². The number of carbonyl (C=O) groups excluding carboxylic acids is 1. The number of benzene rings is 1. The fraction of sp³-hybridized carbons (Fsp3) is 0.429. The van der Waals surface area contributed by atoms with Crippen LogP contribution >= 0.6 is 0 Å². The van der Waals surface area contributed by atoms with Crippen molar-refractivity contribution in [2.75, 3.05) is 0 Å². The molecule has 6 nitrogen and oxygen atoms in total. The van der Waals surface area contributed by atoms with Crippen LogP contribution in [0.2, 0.25) is 0 Å². The number of rotatable bonds is 3. The molecule has 0 bridgehead atoms. The first-order valence-electron chi connectivity index (χ1n) is 6.57. The first kappa shape index (κ1) is 14.0. The molecule has 0 saturated heterocycles. The van der Waals surface area contributed by atoms with Crippen molar-refractivity contribution >= 4 is 11.6 Å². The van der Waals surface area contributed by atoms with Gasteiger partial charge in [0, 0.05) is 23.7 Å². The second kappa shape index (κ2) is 6.15. The van der Waals surface area contributed by atoms with E-state index >= 15 is 0 Å². The first-order chi connectivity index (χ1) is 9.61. The van der Waals surface area contributed by atoms with Crippen LogP contribution in [0.25, 0.3) is 0 Å². The number of hydrogen-bond acceptors (Lipinski definition) is 4. The van der Waals surface area contributed by atoms with E-state index in [0.29, 0.717) is 5.56 Å². The van der Waals surface area contributed by atoms with Crippen LogP contribution in [0.1, 0.15) is 36.0 Å². The van der Waals surface area contributed by atoms with E-state index in [2.05, 4.69) is 11.4 Å². The molecule has 0 aliphatic heterocycles. The molecule has 6 heteroatoms. The first-order valence-corrected chi connectivity index (χ1v) is 6.57. The van der Waals surface area contributed by atoms with Gasteiger partial charge in [-0.05, 0) is 25.0 Å². The quantitative estimate of drug-likeness (QED) is 0.675. The topological polar surface area (TPSA) is 96.0 Å². The van der Waals surface area contributed by atoms with Crippen LogP contribution in [0, 0.1) is 27.4 Å². The lowest BCUT2D eigenvalue weighted by molar-refractivity contribution is -0.384. The van der Waals surface area contributed by atoms with Gasteiger partial charge in [0.05, 0.1) is 16.9 Å². The Kier molecular flexibility index (Phi) is 4.31. The summed E-state index contributed by atoms with van der Waals surface area (Å²) in [7, 11) is 0. The Labute approximate surface area is 116 Å². The Morgan fingerprint density at radius 2 is 1.95 bits per heavy atom. The van der Waals surface area contributed by atoms with Gasteiger partial charge in [-0.2, -0.15) is 5.26 Å². The van der Waals surface area contributed by atoms with Crippen LogP contribution in [0.5, 0.6) is 0 Å². The molecule has 1 amide bonds. The van der Waals surface area contributed by atoms with Crippen molar-refractivity contribution in [2.24, 2.45) is 5.92 Å². The van der Waals surface area contributed by atoms with E-state index in [1.165, 1.54) is 24.3 Å². The lowest BCUT2D eigenvalue weighted by Crippen LogP contribution is -2.41. The zero-order valence-corrected chi connectivity index (χ0v) is 10.9. The molecule has 1 aromatic carbocycles. The van der Waals surface area contributed by atoms with Gasteiger partial charge in [0.15, 0.2) is 0 Å². The zero-order valence-electron chi connectivity index (χ0n) is 10.9. The van der Waals surface area contributed by atoms with Crippen LogP contribution < -0.4 is 5.32 Å². The molecular weight excluding hydrogens is 258 g/mol. The van der Waals surface area contributed by atoms with Crippen molar-refractivity contribution < 1.29 is 9.72 Å². The standard InChI is InChI=1S/C14H15N3O3/c15-9-11-3-1-2-4-13(11)16-14(18)10-5-7-12(8-6-10)17(19)20/h5-8,11,13H,1-4H2,(H,16,18)/t11-,13+/m0/s1. The molecule has 104 valence electrons. The Bertz CT molecular complexity index is 548. The lowest BCUT2D eigenvalue weighted by Gasteiger charge is -2.27. The SMILES string of the molecule is N#C[C@@H]1CCCC[C@H]1NC(=O)c1ccc([N+](=O)[O-])cc1. The highest BCUT2D eigenvalue weighted by Gasteiger charge is 2.26. The normalized spacial score (nSPS) is 21.8. The highest BCUT2D eigenvalue weighted by atomic mass is 16.6. The highest BCUT2D eigenvalue weighted by Crippen LogP contribution is 2.24. The Morgan fingerprint density at radius 1 is 1.30 bits per heavy atom. The average Bonchev–Trinajstić information content (AvgIpc) is 2.48. The number of nitriles is 1. The molecule has 1 aliphatic rings. The molecule has 2 rings (SSSR count). The van der Waals surface area contributed by atoms with Gasteiger partial charge in [-0.25, -0.2) is 0 Å². The maximum Gasteiger partial charge on any atom is 0.269 e. The third-order valence-corrected chi connectivity index (χ3v) is 3.59. The summed E-state index contributed by atoms with van der Waals surface area (Å²) >= 11 is 0. The molecule has 1 fully saturated rings. The molecular formula is C14H15N3O3. The summed E-state index contributed by atoms with van der Waals surface area (Å²) in [5, 5.41) is 22.5. The van der Waals surface area contributed by atoms with Crippen molar-refractivity contribution in [3.63, 3.8) is 0 Å². The van der Waals surface area contributed by atoms with Crippen LogP contribution in [0.15, 0.2) is 24.3 Å². The van der Waals surface area contributed by atoms with Gasteiger partial charge in [0.25, 0.3) is 11.6 Å². The summed E-state index contributed by atoms with van der Waals surface area (Å²) in [5.74, 6) is -0.433. The van der Waals surface area contributed by atoms with Gasteiger partial charge in [0.1, 0.15) is 0 Å². The summed E-state index contributed by atoms with van der Waals surface area (Å²) in [4.78, 5) is 22.1. The summed E-state index contributed by atoms with van der Waals surface area (Å²) in [6.07, 6.45) is 3.63. The van der Waals surface area contributed by atoms with Gasteiger partial charge >= 0.3 is 0 Å². The zero-order chi connectivity index (χ0) is 14.5. The molecule has 1 N–H and O–H groups in total. The highest BCUT2D eigenvalue weighted by molar-refractivity contribution is 5.94. The molecule has 1 aromatic rings. The van der Waals surface area contributed by atoms with Crippen LogP contribution in [0.4, 0.5) is 5.69 Å². The van der Waals surface area contributed by atoms with Crippen LogP contribution in [-0.2, 0) is 0 Å². The predicted molar refractivity (Wildman–Crippen MR) is 71.9 cm³/mol. The van der Waals surface area contributed by atoms with E-state index in [1.54, 1.807) is 0 Å². The third kappa shape index (κ3) is 3.12. The molecule has 1 saturated carbocycles. The smallest absolute Gasteiger partial charge is 0.269 e. The van der Waals surface area contributed by atoms with Crippen molar-refractivity contribution in [1.82, 2.24) is 5.32 Å². The van der Waals surface area contributed by atoms with Crippen molar-refractivity contribution in [3.8, 4) is 6.07 Å². The van der Waals surface area contributed by atoms with Crippen LogP contribution in [0.3, 0.4) is 0 Å². The molecule has 0 heterocycles. The Morgan fingerprint density at radius 3 is 2.55 bits per heavy atom. The molecule has 1 aliphatic carbocycles. The number of nitro benzene ring substituents is 1. The number of non-ortho nitro benzene ring substituents is 1. The number of nitrogens with one attached hydrogen (secondary N) is 1. The van der Waals surface area contributed by atoms with Crippen molar-refractivity contribution in [3.05, 3.63) is 39.9 Å². The molecule has 0 radical (unpaired) electrons. The van der Waals surface area contributed by atoms with Gasteiger partial charge < -0.3 is 5.32 Å². The van der Waals surface area contributed by atoms with Crippen LogP contribution in [-0.4, -0.2) is 16.9 Å². The molecule has 0 unspecified atom stereocenters. The minimum atomic E-state index is -0.505. The fourth-order valence-electron chi connectivity index (χ4n) is 2.44. The summed E-state index contributed by atoms with van der Waals surface area (Å²) in [5.41, 5.74) is 0.326. The number of carbonyl (C=O) groups is 1. The van der Waals surface area contributed by atoms with E-state index in [-0.39, 0.29) is 23.6 Å². The average molecular weight is 273 g/mol. The van der Waals surface area contributed by atoms with Crippen molar-refractivity contribution in [1.29, 1.82) is 5.26 Å². The second-order valence-corrected chi connectivity index (χ2v) is 4.90. The largest absolute Gasteiger partial charge is 0.348 e. The predicted octanol–water partition coefficient (Wildman–Crippen LogP) is 2.41. The van der Waals surface area contributed by atoms with E-state index in [9.17, 15) is 14.9 Å². The van der Waals surface area contributed by atoms with E-state index in [1.807, 2.05) is 0 Å². The third-order valence-electron chi connectivity index (χ3n) is 3.59. The number of amides is 1. The summed E-state index contributed by atoms with van der Waals surface area (Å²) in [6.45, 7) is 0. The van der Waals surface area contributed by atoms with E-state index < -0.39 is 4.92 Å². The second-order valence-electron chi connectivity index (χ2n) is 4.90. The van der Waals surface area contributed by atoms with E-state index in [0.717, 1.165) is 25.7 Å². The fourth-order valence-corrected chi connectivity index (χ4v) is 2.44. The van der Waals surface area contributed by atoms with Crippen molar-refractivity contribution in [2.45, 2.75) is 31.7 Å². The van der Waals surface area contributed by atoms with Gasteiger partial charge in [-0.1, -0.05) is 12.8 Å². The number of nitro groups is 1. The minimum absolute atomic E-state index is 0.0471. The maximum atomic E-state index is 12.1. The minimum Gasteiger partial charge on any atom is -0.348 e. The van der Waals surface area contributed by atoms with Gasteiger partial charge in [0.2, 0.25) is 0 Å². The monoisotopic (exact) mass is 273 g/mol. The maximum absolute atomic E-state index is 12.1. The molecule has 2 atom stereocenters. The number of hydrogen-bond donors (Lipinski definition) is 1. The summed E-state index contributed by atoms with van der Waals surface area (Å²) in [6, 6.07) is 7.57. The Hall–Kier alpha value is -2.42.